The molecular weight excluding hydrogens is 435 g/mol. The SMILES string of the molecule is CNC(=O)c1ccnc2c(CCNc3cc(-c4ccc(C(C)(C)O)nc4)ncn3)ccc(F)c12. The molecule has 0 unspecified atom stereocenters. The third-order valence-electron chi connectivity index (χ3n) is 5.45. The second kappa shape index (κ2) is 9.48. The molecule has 0 aliphatic carbocycles. The van der Waals surface area contributed by atoms with Gasteiger partial charge in [0.25, 0.3) is 5.91 Å². The van der Waals surface area contributed by atoms with Gasteiger partial charge >= 0.3 is 0 Å². The van der Waals surface area contributed by atoms with Crippen LogP contribution in [0, 0.1) is 5.82 Å². The van der Waals surface area contributed by atoms with Crippen molar-refractivity contribution in [1.29, 1.82) is 0 Å². The molecule has 3 N–H and O–H groups in total. The fourth-order valence-corrected chi connectivity index (χ4v) is 3.65. The molecule has 0 spiro atoms. The fraction of sp³-hybridized carbons (Fsp3) is 0.240. The normalized spacial score (nSPS) is 11.4. The fourth-order valence-electron chi connectivity index (χ4n) is 3.65. The highest BCUT2D eigenvalue weighted by Gasteiger charge is 2.18. The van der Waals surface area contributed by atoms with E-state index in [1.54, 1.807) is 32.2 Å². The van der Waals surface area contributed by atoms with Gasteiger partial charge in [0.2, 0.25) is 0 Å². The molecule has 0 fully saturated rings. The van der Waals surface area contributed by atoms with E-state index < -0.39 is 11.4 Å². The maximum Gasteiger partial charge on any atom is 0.251 e. The zero-order valence-corrected chi connectivity index (χ0v) is 19.1. The number of fused-ring (bicyclic) bond motifs is 1. The van der Waals surface area contributed by atoms with Crippen LogP contribution in [0.1, 0.15) is 35.5 Å². The zero-order chi connectivity index (χ0) is 24.3. The van der Waals surface area contributed by atoms with Crippen molar-refractivity contribution in [2.45, 2.75) is 25.9 Å². The second-order valence-corrected chi connectivity index (χ2v) is 8.32. The smallest absolute Gasteiger partial charge is 0.251 e. The summed E-state index contributed by atoms with van der Waals surface area (Å²) >= 11 is 0. The van der Waals surface area contributed by atoms with E-state index in [9.17, 15) is 14.3 Å². The third kappa shape index (κ3) is 4.84. The molecule has 174 valence electrons. The predicted octanol–water partition coefficient (Wildman–Crippen LogP) is 3.47. The summed E-state index contributed by atoms with van der Waals surface area (Å²) in [4.78, 5) is 29.4. The Balaban J connectivity index is 1.50. The van der Waals surface area contributed by atoms with E-state index in [1.165, 1.54) is 31.7 Å². The van der Waals surface area contributed by atoms with E-state index in [1.807, 2.05) is 12.1 Å². The van der Waals surface area contributed by atoms with E-state index in [2.05, 4.69) is 30.6 Å². The largest absolute Gasteiger partial charge is 0.384 e. The Morgan fingerprint density at radius 2 is 1.91 bits per heavy atom. The van der Waals surface area contributed by atoms with Crippen LogP contribution in [0.4, 0.5) is 10.2 Å². The van der Waals surface area contributed by atoms with Crippen molar-refractivity contribution in [3.63, 3.8) is 0 Å². The van der Waals surface area contributed by atoms with E-state index >= 15 is 0 Å². The van der Waals surface area contributed by atoms with Crippen LogP contribution in [-0.4, -0.2) is 44.5 Å². The van der Waals surface area contributed by atoms with Gasteiger partial charge in [0.1, 0.15) is 23.6 Å². The lowest BCUT2D eigenvalue weighted by Gasteiger charge is -2.16. The molecule has 0 saturated carbocycles. The summed E-state index contributed by atoms with van der Waals surface area (Å²) in [5, 5.41) is 16.1. The molecule has 1 aromatic carbocycles. The maximum absolute atomic E-state index is 14.5. The van der Waals surface area contributed by atoms with E-state index in [0.29, 0.717) is 35.7 Å². The topological polar surface area (TPSA) is 113 Å². The van der Waals surface area contributed by atoms with Crippen molar-refractivity contribution in [3.8, 4) is 11.3 Å². The number of nitrogens with one attached hydrogen (secondary N) is 2. The van der Waals surface area contributed by atoms with Crippen molar-refractivity contribution in [2.75, 3.05) is 18.9 Å². The summed E-state index contributed by atoms with van der Waals surface area (Å²) in [6.45, 7) is 3.88. The van der Waals surface area contributed by atoms with Crippen LogP contribution in [0.15, 0.2) is 55.1 Å². The molecule has 1 amide bonds. The minimum absolute atomic E-state index is 0.214. The Bertz CT molecular complexity index is 1340. The number of rotatable bonds is 7. The highest BCUT2D eigenvalue weighted by Crippen LogP contribution is 2.25. The third-order valence-corrected chi connectivity index (χ3v) is 5.45. The van der Waals surface area contributed by atoms with Gasteiger partial charge in [-0.2, -0.15) is 0 Å². The number of halogens is 1. The predicted molar refractivity (Wildman–Crippen MR) is 128 cm³/mol. The van der Waals surface area contributed by atoms with Gasteiger partial charge in [-0.05, 0) is 50.1 Å². The lowest BCUT2D eigenvalue weighted by Crippen LogP contribution is -2.18. The second-order valence-electron chi connectivity index (χ2n) is 8.32. The number of aliphatic hydroxyl groups is 1. The van der Waals surface area contributed by atoms with E-state index in [-0.39, 0.29) is 16.9 Å². The minimum Gasteiger partial charge on any atom is -0.384 e. The molecule has 0 aliphatic heterocycles. The van der Waals surface area contributed by atoms with Gasteiger partial charge in [-0.15, -0.1) is 0 Å². The van der Waals surface area contributed by atoms with E-state index in [0.717, 1.165) is 11.1 Å². The van der Waals surface area contributed by atoms with E-state index in [4.69, 9.17) is 0 Å². The molecule has 0 bridgehead atoms. The molecule has 4 rings (SSSR count). The number of pyridine rings is 2. The number of hydrogen-bond acceptors (Lipinski definition) is 7. The maximum atomic E-state index is 14.5. The minimum atomic E-state index is -1.02. The van der Waals surface area contributed by atoms with Crippen LogP contribution < -0.4 is 10.6 Å². The van der Waals surface area contributed by atoms with Gasteiger partial charge in [-0.3, -0.25) is 14.8 Å². The summed E-state index contributed by atoms with van der Waals surface area (Å²) in [5.41, 5.74) is 2.58. The molecule has 34 heavy (non-hydrogen) atoms. The van der Waals surface area contributed by atoms with Crippen LogP contribution in [0.2, 0.25) is 0 Å². The molecule has 0 aliphatic rings. The van der Waals surface area contributed by atoms with Crippen LogP contribution >= 0.6 is 0 Å². The summed E-state index contributed by atoms with van der Waals surface area (Å²) < 4.78 is 14.5. The van der Waals surface area contributed by atoms with Crippen molar-refractivity contribution in [2.24, 2.45) is 0 Å². The molecule has 0 radical (unpaired) electrons. The first-order chi connectivity index (χ1) is 16.3. The Kier molecular flexibility index (Phi) is 6.47. The van der Waals surface area contributed by atoms with Crippen LogP contribution in [0.3, 0.4) is 0 Å². The summed E-state index contributed by atoms with van der Waals surface area (Å²) in [6.07, 6.45) is 5.19. The monoisotopic (exact) mass is 460 g/mol. The standard InChI is InChI=1S/C25H25FN6O2/c1-25(2,34)20-7-5-16(13-30-20)19-12-21(32-14-31-19)28-10-8-15-4-6-18(26)22-17(24(33)27-3)9-11-29-23(15)22/h4-7,9,11-14,34H,8,10H2,1-3H3,(H,27,33)(H,28,31,32). The number of benzene rings is 1. The van der Waals surface area contributed by atoms with Gasteiger partial charge in [0.15, 0.2) is 0 Å². The summed E-state index contributed by atoms with van der Waals surface area (Å²) in [6, 6.07) is 9.99. The number of anilines is 1. The van der Waals surface area contributed by atoms with Gasteiger partial charge < -0.3 is 15.7 Å². The van der Waals surface area contributed by atoms with Crippen LogP contribution in [-0.2, 0) is 12.0 Å². The molecular formula is C25H25FN6O2. The van der Waals surface area contributed by atoms with Gasteiger partial charge in [-0.25, -0.2) is 14.4 Å². The number of hydrogen-bond donors (Lipinski definition) is 3. The average Bonchev–Trinajstić information content (AvgIpc) is 2.84. The Morgan fingerprint density at radius 1 is 1.09 bits per heavy atom. The molecule has 8 nitrogen and oxygen atoms in total. The van der Waals surface area contributed by atoms with Crippen molar-refractivity contribution >= 4 is 22.6 Å². The first-order valence-corrected chi connectivity index (χ1v) is 10.8. The Labute approximate surface area is 196 Å². The zero-order valence-electron chi connectivity index (χ0n) is 19.1. The molecule has 3 aromatic heterocycles. The lowest BCUT2D eigenvalue weighted by molar-refractivity contribution is 0.0738. The number of carbonyl (C=O) groups is 1. The molecule has 0 saturated heterocycles. The van der Waals surface area contributed by atoms with Crippen molar-refractivity contribution < 1.29 is 14.3 Å². The average molecular weight is 461 g/mol. The van der Waals surface area contributed by atoms with Gasteiger partial charge in [0, 0.05) is 43.0 Å². The number of aromatic nitrogens is 4. The van der Waals surface area contributed by atoms with Crippen molar-refractivity contribution in [3.05, 3.63) is 77.8 Å². The molecule has 3 heterocycles. The van der Waals surface area contributed by atoms with Crippen LogP contribution in [0.5, 0.6) is 0 Å². The number of carbonyl (C=O) groups excluding carboxylic acids is 1. The molecule has 4 aromatic rings. The quantitative estimate of drug-likeness (QED) is 0.387. The van der Waals surface area contributed by atoms with Crippen LogP contribution in [0.25, 0.3) is 22.2 Å². The van der Waals surface area contributed by atoms with Gasteiger partial charge in [0.05, 0.1) is 22.5 Å². The Morgan fingerprint density at radius 3 is 2.62 bits per heavy atom. The lowest BCUT2D eigenvalue weighted by atomic mass is 10.0. The molecule has 9 heteroatoms. The first kappa shape index (κ1) is 23.2. The molecule has 0 atom stereocenters. The number of nitrogens with zero attached hydrogens (tertiary/aromatic N) is 4. The summed E-state index contributed by atoms with van der Waals surface area (Å²) in [7, 11) is 1.51. The highest BCUT2D eigenvalue weighted by molar-refractivity contribution is 6.06. The highest BCUT2D eigenvalue weighted by atomic mass is 19.1. The van der Waals surface area contributed by atoms with Crippen molar-refractivity contribution in [1.82, 2.24) is 25.3 Å². The van der Waals surface area contributed by atoms with Gasteiger partial charge in [-0.1, -0.05) is 6.07 Å². The Hall–Kier alpha value is -3.98. The first-order valence-electron chi connectivity index (χ1n) is 10.8. The number of amides is 1. The summed E-state index contributed by atoms with van der Waals surface area (Å²) in [5.74, 6) is -0.217.